The zero-order valence-corrected chi connectivity index (χ0v) is 43.0. The van der Waals surface area contributed by atoms with Crippen molar-refractivity contribution in [2.45, 2.75) is 39.5 Å². The standard InChI is InChI=1S/C72H54N2O2/c1-45(2)49-19-13-21-55(41-49)73(53-37-33-47(34-38-53)59-27-15-29-63-61-25-9-11-31-67(61)75-71(59)63)69-57-23-7-5-17-51(57)44-66-65(69)43-52-18-6-8-24-58(52)70(66)74(56-22-14-20-50(42-56)46(3)4)54-39-35-48(36-40-54)60-28-16-30-64-62-26-10-12-32-68(62)76-72(60)64/h5-46H,1-4H3. The van der Waals surface area contributed by atoms with Crippen LogP contribution in [0.25, 0.3) is 98.4 Å². The van der Waals surface area contributed by atoms with Gasteiger partial charge in [0.05, 0.1) is 11.4 Å². The molecule has 0 aliphatic rings. The molecule has 0 bridgehead atoms. The van der Waals surface area contributed by atoms with E-state index < -0.39 is 0 Å². The number of para-hydroxylation sites is 4. The topological polar surface area (TPSA) is 32.8 Å². The first-order valence-corrected chi connectivity index (χ1v) is 26.5. The van der Waals surface area contributed by atoms with Gasteiger partial charge in [-0.1, -0.05) is 198 Å². The molecule has 76 heavy (non-hydrogen) atoms. The van der Waals surface area contributed by atoms with Crippen LogP contribution in [0.2, 0.25) is 0 Å². The summed E-state index contributed by atoms with van der Waals surface area (Å²) >= 11 is 0. The minimum absolute atomic E-state index is 0.335. The number of anilines is 6. The molecule has 0 aliphatic heterocycles. The van der Waals surface area contributed by atoms with Crippen LogP contribution in [0.15, 0.2) is 251 Å². The molecule has 4 heteroatoms. The van der Waals surface area contributed by atoms with E-state index in [4.69, 9.17) is 8.83 Å². The molecular weight excluding hydrogens is 925 g/mol. The molecule has 0 saturated heterocycles. The van der Waals surface area contributed by atoms with E-state index >= 15 is 0 Å². The minimum atomic E-state index is 0.335. The van der Waals surface area contributed by atoms with Crippen LogP contribution in [0.5, 0.6) is 0 Å². The Morgan fingerprint density at radius 2 is 0.658 bits per heavy atom. The van der Waals surface area contributed by atoms with Crippen molar-refractivity contribution >= 4 is 110 Å². The SMILES string of the molecule is CC(C)c1cccc(N(c2ccc(-c3cccc4c3oc3ccccc34)cc2)c2c3ccccc3cc3c(N(c4ccc(-c5cccc6c5oc5ccccc56)cc4)c4cccc(C(C)C)c4)c4ccccc4cc23)c1. The van der Waals surface area contributed by atoms with Crippen molar-refractivity contribution in [1.29, 1.82) is 0 Å². The van der Waals surface area contributed by atoms with E-state index in [0.29, 0.717) is 11.8 Å². The summed E-state index contributed by atoms with van der Waals surface area (Å²) in [4.78, 5) is 5.00. The van der Waals surface area contributed by atoms with Gasteiger partial charge in [0.1, 0.15) is 22.3 Å². The minimum Gasteiger partial charge on any atom is -0.455 e. The van der Waals surface area contributed by atoms with Crippen molar-refractivity contribution in [2.75, 3.05) is 9.80 Å². The lowest BCUT2D eigenvalue weighted by atomic mass is 9.93. The smallest absolute Gasteiger partial charge is 0.143 e. The molecular formula is C72H54N2O2. The van der Waals surface area contributed by atoms with Crippen LogP contribution in [0, 0.1) is 0 Å². The predicted octanol–water partition coefficient (Wildman–Crippen LogP) is 21.5. The lowest BCUT2D eigenvalue weighted by molar-refractivity contribution is 0.669. The third-order valence-corrected chi connectivity index (χ3v) is 15.6. The van der Waals surface area contributed by atoms with E-state index in [-0.39, 0.29) is 0 Å². The number of fused-ring (bicyclic) bond motifs is 9. The maximum atomic E-state index is 6.57. The number of rotatable bonds is 10. The summed E-state index contributed by atoms with van der Waals surface area (Å²) in [7, 11) is 0. The van der Waals surface area contributed by atoms with Gasteiger partial charge in [-0.05, 0) is 118 Å². The van der Waals surface area contributed by atoms with Crippen LogP contribution in [0.3, 0.4) is 0 Å². The summed E-state index contributed by atoms with van der Waals surface area (Å²) in [5.41, 5.74) is 17.1. The number of hydrogen-bond acceptors (Lipinski definition) is 4. The largest absolute Gasteiger partial charge is 0.455 e. The molecule has 4 nitrogen and oxygen atoms in total. The maximum Gasteiger partial charge on any atom is 0.143 e. The fraction of sp³-hybridized carbons (Fsp3) is 0.0833. The quantitative estimate of drug-likeness (QED) is 0.128. The number of hydrogen-bond donors (Lipinski definition) is 0. The van der Waals surface area contributed by atoms with Gasteiger partial charge in [0.25, 0.3) is 0 Å². The molecule has 0 amide bonds. The van der Waals surface area contributed by atoms with Crippen LogP contribution in [-0.2, 0) is 0 Å². The van der Waals surface area contributed by atoms with Crippen molar-refractivity contribution in [2.24, 2.45) is 0 Å². The van der Waals surface area contributed by atoms with E-state index in [1.165, 1.54) is 21.9 Å². The normalized spacial score (nSPS) is 11.9. The first kappa shape index (κ1) is 45.3. The Hall–Kier alpha value is -9.38. The molecule has 12 aromatic carbocycles. The molecule has 0 atom stereocenters. The summed E-state index contributed by atoms with van der Waals surface area (Å²) < 4.78 is 13.1. The van der Waals surface area contributed by atoms with Gasteiger partial charge < -0.3 is 18.6 Å². The van der Waals surface area contributed by atoms with E-state index in [9.17, 15) is 0 Å². The van der Waals surface area contributed by atoms with Crippen molar-refractivity contribution in [3.8, 4) is 22.3 Å². The first-order valence-electron chi connectivity index (χ1n) is 26.5. The predicted molar refractivity (Wildman–Crippen MR) is 322 cm³/mol. The molecule has 14 rings (SSSR count). The monoisotopic (exact) mass is 978 g/mol. The molecule has 364 valence electrons. The second-order valence-electron chi connectivity index (χ2n) is 20.8. The second kappa shape index (κ2) is 18.2. The van der Waals surface area contributed by atoms with Gasteiger partial charge in [-0.2, -0.15) is 0 Å². The number of furan rings is 2. The lowest BCUT2D eigenvalue weighted by Crippen LogP contribution is -2.14. The second-order valence-corrected chi connectivity index (χ2v) is 20.8. The summed E-state index contributed by atoms with van der Waals surface area (Å²) in [5, 5.41) is 11.4. The zero-order valence-electron chi connectivity index (χ0n) is 43.0. The Morgan fingerprint density at radius 3 is 1.08 bits per heavy atom. The molecule has 0 saturated carbocycles. The van der Waals surface area contributed by atoms with Crippen molar-refractivity contribution in [1.82, 2.24) is 0 Å². The van der Waals surface area contributed by atoms with Gasteiger partial charge in [-0.3, -0.25) is 0 Å². The number of benzene rings is 12. The average Bonchev–Trinajstić information content (AvgIpc) is 4.05. The lowest BCUT2D eigenvalue weighted by Gasteiger charge is -2.32. The van der Waals surface area contributed by atoms with Gasteiger partial charge >= 0.3 is 0 Å². The fourth-order valence-corrected chi connectivity index (χ4v) is 11.7. The molecule has 0 unspecified atom stereocenters. The number of nitrogens with zero attached hydrogens (tertiary/aromatic N) is 2. The van der Waals surface area contributed by atoms with Crippen LogP contribution in [0.1, 0.15) is 50.7 Å². The highest BCUT2D eigenvalue weighted by atomic mass is 16.3. The van der Waals surface area contributed by atoms with Gasteiger partial charge in [0, 0.05) is 77.0 Å². The average molecular weight is 979 g/mol. The third-order valence-electron chi connectivity index (χ3n) is 15.6. The molecule has 2 aromatic heterocycles. The molecule has 0 radical (unpaired) electrons. The fourth-order valence-electron chi connectivity index (χ4n) is 11.7. The molecule has 0 aliphatic carbocycles. The Kier molecular flexibility index (Phi) is 10.9. The molecule has 14 aromatic rings. The van der Waals surface area contributed by atoms with Crippen molar-refractivity contribution < 1.29 is 8.83 Å². The van der Waals surface area contributed by atoms with E-state index in [0.717, 1.165) is 122 Å². The molecule has 0 N–H and O–H groups in total. The van der Waals surface area contributed by atoms with Crippen molar-refractivity contribution in [3.63, 3.8) is 0 Å². The third kappa shape index (κ3) is 7.51. The summed E-state index contributed by atoms with van der Waals surface area (Å²) in [5.74, 6) is 0.669. The van der Waals surface area contributed by atoms with Gasteiger partial charge in [0.15, 0.2) is 0 Å². The molecule has 2 heterocycles. The van der Waals surface area contributed by atoms with Crippen molar-refractivity contribution in [3.05, 3.63) is 254 Å². The van der Waals surface area contributed by atoms with Crippen LogP contribution >= 0.6 is 0 Å². The van der Waals surface area contributed by atoms with Gasteiger partial charge in [-0.15, -0.1) is 0 Å². The van der Waals surface area contributed by atoms with E-state index in [2.05, 4.69) is 268 Å². The Labute approximate surface area is 442 Å². The van der Waals surface area contributed by atoms with Crippen LogP contribution in [-0.4, -0.2) is 0 Å². The summed E-state index contributed by atoms with van der Waals surface area (Å²) in [6, 6.07) is 88.6. The summed E-state index contributed by atoms with van der Waals surface area (Å²) in [6.07, 6.45) is 0. The Balaban J connectivity index is 1.01. The van der Waals surface area contributed by atoms with Crippen LogP contribution in [0.4, 0.5) is 34.1 Å². The highest BCUT2D eigenvalue weighted by Gasteiger charge is 2.26. The highest BCUT2D eigenvalue weighted by molar-refractivity contribution is 6.24. The summed E-state index contributed by atoms with van der Waals surface area (Å²) in [6.45, 7) is 9.10. The van der Waals surface area contributed by atoms with E-state index in [1.54, 1.807) is 0 Å². The van der Waals surface area contributed by atoms with Gasteiger partial charge in [-0.25, -0.2) is 0 Å². The van der Waals surface area contributed by atoms with Gasteiger partial charge in [0.2, 0.25) is 0 Å². The maximum absolute atomic E-state index is 6.57. The van der Waals surface area contributed by atoms with E-state index in [1.807, 2.05) is 12.1 Å². The Morgan fingerprint density at radius 1 is 0.289 bits per heavy atom. The Bertz CT molecular complexity index is 4250. The van der Waals surface area contributed by atoms with Crippen LogP contribution < -0.4 is 9.80 Å². The highest BCUT2D eigenvalue weighted by Crippen LogP contribution is 2.52. The zero-order chi connectivity index (χ0) is 51.0. The molecule has 0 spiro atoms. The molecule has 0 fully saturated rings. The first-order chi connectivity index (χ1) is 37.3.